The third kappa shape index (κ3) is 4.28. The lowest BCUT2D eigenvalue weighted by molar-refractivity contribution is -0.118. The lowest BCUT2D eigenvalue weighted by Crippen LogP contribution is -2.33. The number of oxime groups is 1. The van der Waals surface area contributed by atoms with Gasteiger partial charge in [-0.2, -0.15) is 0 Å². The molecular formula is C29H27N5O3. The maximum atomic E-state index is 13.5. The highest BCUT2D eigenvalue weighted by Crippen LogP contribution is 2.50. The number of nitrogens with zero attached hydrogens (tertiary/aromatic N) is 5. The number of benzene rings is 2. The quantitative estimate of drug-likeness (QED) is 0.279. The zero-order chi connectivity index (χ0) is 25.6. The van der Waals surface area contributed by atoms with E-state index in [4.69, 9.17) is 14.6 Å². The van der Waals surface area contributed by atoms with Gasteiger partial charge in [0.2, 0.25) is 5.88 Å². The lowest BCUT2D eigenvalue weighted by Gasteiger charge is -2.37. The molecular weight excluding hydrogens is 466 g/mol. The minimum absolute atomic E-state index is 0.0958. The van der Waals surface area contributed by atoms with Gasteiger partial charge in [0.15, 0.2) is 23.9 Å². The van der Waals surface area contributed by atoms with Gasteiger partial charge >= 0.3 is 0 Å². The highest BCUT2D eigenvalue weighted by atomic mass is 16.6. The molecule has 2 aromatic heterocycles. The van der Waals surface area contributed by atoms with Gasteiger partial charge in [-0.3, -0.25) is 4.79 Å². The summed E-state index contributed by atoms with van der Waals surface area (Å²) in [5, 5.41) is 8.78. The van der Waals surface area contributed by atoms with E-state index in [1.54, 1.807) is 10.8 Å². The van der Waals surface area contributed by atoms with Crippen molar-refractivity contribution in [3.63, 3.8) is 0 Å². The summed E-state index contributed by atoms with van der Waals surface area (Å²) in [5.41, 5.74) is 4.59. The molecule has 0 radical (unpaired) electrons. The average Bonchev–Trinajstić information content (AvgIpc) is 3.31. The number of carbonyl (C=O) groups is 1. The van der Waals surface area contributed by atoms with Crippen molar-refractivity contribution in [3.8, 4) is 5.88 Å². The van der Waals surface area contributed by atoms with Crippen LogP contribution >= 0.6 is 0 Å². The van der Waals surface area contributed by atoms with E-state index in [1.807, 2.05) is 67.6 Å². The van der Waals surface area contributed by atoms with Crippen molar-refractivity contribution in [2.24, 2.45) is 10.6 Å². The van der Waals surface area contributed by atoms with Crippen molar-refractivity contribution < 1.29 is 14.4 Å². The molecule has 0 bridgehead atoms. The van der Waals surface area contributed by atoms with E-state index >= 15 is 0 Å². The van der Waals surface area contributed by atoms with Crippen molar-refractivity contribution in [1.29, 1.82) is 0 Å². The van der Waals surface area contributed by atoms with Crippen LogP contribution in [-0.2, 0) is 16.2 Å². The van der Waals surface area contributed by atoms with Crippen LogP contribution in [0.5, 0.6) is 5.88 Å². The second-order valence-electron chi connectivity index (χ2n) is 10.3. The number of aromatic nitrogens is 4. The first-order valence-corrected chi connectivity index (χ1v) is 12.3. The van der Waals surface area contributed by atoms with Crippen molar-refractivity contribution in [3.05, 3.63) is 101 Å². The van der Waals surface area contributed by atoms with E-state index in [9.17, 15) is 4.79 Å². The molecule has 0 saturated carbocycles. The van der Waals surface area contributed by atoms with Gasteiger partial charge in [0.1, 0.15) is 12.1 Å². The van der Waals surface area contributed by atoms with Crippen molar-refractivity contribution in [1.82, 2.24) is 19.6 Å². The molecule has 0 amide bonds. The maximum Gasteiger partial charge on any atom is 0.228 e. The Labute approximate surface area is 214 Å². The molecule has 8 nitrogen and oxygen atoms in total. The number of ether oxygens (including phenoxy) is 1. The van der Waals surface area contributed by atoms with Crippen molar-refractivity contribution in [2.75, 3.05) is 0 Å². The smallest absolute Gasteiger partial charge is 0.228 e. The van der Waals surface area contributed by atoms with E-state index < -0.39 is 0 Å². The summed E-state index contributed by atoms with van der Waals surface area (Å²) >= 11 is 0. The van der Waals surface area contributed by atoms with Crippen molar-refractivity contribution >= 4 is 17.1 Å². The Bertz CT molecular complexity index is 1550. The Morgan fingerprint density at radius 2 is 1.84 bits per heavy atom. The predicted octanol–water partition coefficient (Wildman–Crippen LogP) is 5.23. The van der Waals surface area contributed by atoms with Gasteiger partial charge in [0.05, 0.1) is 11.3 Å². The third-order valence-corrected chi connectivity index (χ3v) is 6.83. The first-order valence-electron chi connectivity index (χ1n) is 12.3. The Balaban J connectivity index is 1.39. The summed E-state index contributed by atoms with van der Waals surface area (Å²) in [6, 6.07) is 19.8. The molecule has 1 aliphatic heterocycles. The zero-order valence-electron chi connectivity index (χ0n) is 21.0. The second kappa shape index (κ2) is 8.96. The summed E-state index contributed by atoms with van der Waals surface area (Å²) in [6.07, 6.45) is 2.73. The SMILES string of the molecule is C/C(=N/OCc1nc2c3c(ncn2n1)OC1=C(C(=O)CC(C)(C)C1)[C@H]3c1ccccc1)c1ccccc1. The number of fused-ring (bicyclic) bond motifs is 3. The Hall–Kier alpha value is -4.33. The van der Waals surface area contributed by atoms with Crippen LogP contribution in [0, 0.1) is 5.41 Å². The van der Waals surface area contributed by atoms with Gasteiger partial charge in [-0.15, -0.1) is 5.10 Å². The number of ketones is 1. The summed E-state index contributed by atoms with van der Waals surface area (Å²) in [7, 11) is 0. The van der Waals surface area contributed by atoms with Gasteiger partial charge in [-0.1, -0.05) is 79.7 Å². The number of hydrogen-bond acceptors (Lipinski definition) is 7. The lowest BCUT2D eigenvalue weighted by atomic mass is 9.70. The standard InChI is InChI=1S/C29H27N5O3/c1-18(19-10-6-4-7-11-19)33-36-16-23-31-27-26-24(20-12-8-5-9-13-20)25-21(35)14-29(2,3)15-22(25)37-28(26)30-17-34(27)32-23/h4-13,17,24H,14-16H2,1-3H3/b33-18-/t24-/m1/s1. The van der Waals surface area contributed by atoms with Crippen LogP contribution in [0.4, 0.5) is 0 Å². The maximum absolute atomic E-state index is 13.5. The van der Waals surface area contributed by atoms with Crippen LogP contribution in [0.25, 0.3) is 5.65 Å². The van der Waals surface area contributed by atoms with Crippen LogP contribution in [-0.4, -0.2) is 31.1 Å². The number of hydrogen-bond donors (Lipinski definition) is 0. The first-order chi connectivity index (χ1) is 17.9. The molecule has 3 heterocycles. The fraction of sp³-hybridized carbons (Fsp3) is 0.276. The van der Waals surface area contributed by atoms with Crippen LogP contribution < -0.4 is 4.74 Å². The van der Waals surface area contributed by atoms with Crippen LogP contribution in [0.1, 0.15) is 62.0 Å². The second-order valence-corrected chi connectivity index (χ2v) is 10.3. The Kier molecular flexibility index (Phi) is 5.59. The first kappa shape index (κ1) is 23.1. The van der Waals surface area contributed by atoms with Crippen LogP contribution in [0.3, 0.4) is 0 Å². The molecule has 1 atom stereocenters. The summed E-state index contributed by atoms with van der Waals surface area (Å²) in [5.74, 6) is 1.39. The van der Waals surface area contributed by atoms with Gasteiger partial charge in [0.25, 0.3) is 0 Å². The fourth-order valence-electron chi connectivity index (χ4n) is 5.15. The van der Waals surface area contributed by atoms with Gasteiger partial charge in [0, 0.05) is 24.3 Å². The molecule has 4 aromatic rings. The molecule has 0 N–H and O–H groups in total. The van der Waals surface area contributed by atoms with E-state index in [0.717, 1.165) is 22.4 Å². The Morgan fingerprint density at radius 1 is 1.11 bits per heavy atom. The molecule has 1 aliphatic carbocycles. The summed E-state index contributed by atoms with van der Waals surface area (Å²) in [6.45, 7) is 6.17. The zero-order valence-corrected chi connectivity index (χ0v) is 21.0. The fourth-order valence-corrected chi connectivity index (χ4v) is 5.15. The molecule has 0 unspecified atom stereocenters. The summed E-state index contributed by atoms with van der Waals surface area (Å²) in [4.78, 5) is 28.4. The minimum Gasteiger partial charge on any atom is -0.442 e. The average molecular weight is 494 g/mol. The molecule has 2 aliphatic rings. The van der Waals surface area contributed by atoms with Crippen LogP contribution in [0.2, 0.25) is 0 Å². The minimum atomic E-state index is -0.337. The van der Waals surface area contributed by atoms with E-state index in [-0.39, 0.29) is 23.7 Å². The number of Topliss-reactive ketones (excluding diaryl/α,β-unsaturated/α-hetero) is 1. The molecule has 0 spiro atoms. The third-order valence-electron chi connectivity index (χ3n) is 6.83. The van der Waals surface area contributed by atoms with Gasteiger partial charge in [-0.25, -0.2) is 14.5 Å². The van der Waals surface area contributed by atoms with Gasteiger partial charge in [-0.05, 0) is 23.5 Å². The molecule has 8 heteroatoms. The Morgan fingerprint density at radius 3 is 2.59 bits per heavy atom. The van der Waals surface area contributed by atoms with E-state index in [2.05, 4.69) is 29.1 Å². The number of allylic oxidation sites excluding steroid dienone is 2. The van der Waals surface area contributed by atoms with E-state index in [1.165, 1.54) is 0 Å². The van der Waals surface area contributed by atoms with E-state index in [0.29, 0.717) is 41.5 Å². The van der Waals surface area contributed by atoms with Crippen LogP contribution in [0.15, 0.2) is 83.5 Å². The monoisotopic (exact) mass is 493 g/mol. The van der Waals surface area contributed by atoms with Gasteiger partial charge < -0.3 is 9.57 Å². The molecule has 0 fully saturated rings. The largest absolute Gasteiger partial charge is 0.442 e. The topological polar surface area (TPSA) is 91.0 Å². The molecule has 37 heavy (non-hydrogen) atoms. The number of rotatable bonds is 5. The number of carbonyl (C=O) groups excluding carboxylic acids is 1. The highest BCUT2D eigenvalue weighted by Gasteiger charge is 2.43. The molecule has 6 rings (SSSR count). The molecule has 186 valence electrons. The predicted molar refractivity (Wildman–Crippen MR) is 138 cm³/mol. The summed E-state index contributed by atoms with van der Waals surface area (Å²) < 4.78 is 7.90. The molecule has 0 saturated heterocycles. The normalized spacial score (nSPS) is 18.8. The highest BCUT2D eigenvalue weighted by molar-refractivity contribution is 6.00. The van der Waals surface area contributed by atoms with Crippen molar-refractivity contribution in [2.45, 2.75) is 46.1 Å². The molecule has 2 aromatic carbocycles.